The summed E-state index contributed by atoms with van der Waals surface area (Å²) in [6.07, 6.45) is 2.75. The summed E-state index contributed by atoms with van der Waals surface area (Å²) < 4.78 is 0. The number of aryl methyl sites for hydroxylation is 2. The average molecular weight is 262 g/mol. The first kappa shape index (κ1) is 11.9. The Balaban J connectivity index is 1.83. The lowest BCUT2D eigenvalue weighted by atomic mass is 9.80. The maximum absolute atomic E-state index is 13.0. The lowest BCUT2D eigenvalue weighted by molar-refractivity contribution is 0.0831. The lowest BCUT2D eigenvalue weighted by Gasteiger charge is -2.20. The molecule has 0 heterocycles. The van der Waals surface area contributed by atoms with E-state index in [1.54, 1.807) is 0 Å². The highest BCUT2D eigenvalue weighted by Crippen LogP contribution is 2.48. The Morgan fingerprint density at radius 3 is 2.20 bits per heavy atom. The maximum Gasteiger partial charge on any atom is 0.170 e. The van der Waals surface area contributed by atoms with Crippen LogP contribution in [0.5, 0.6) is 0 Å². The second-order valence-corrected chi connectivity index (χ2v) is 6.45. The van der Waals surface area contributed by atoms with Gasteiger partial charge in [0.05, 0.1) is 0 Å². The zero-order chi connectivity index (χ0) is 13.9. The van der Waals surface area contributed by atoms with Gasteiger partial charge in [-0.25, -0.2) is 0 Å². The van der Waals surface area contributed by atoms with E-state index >= 15 is 0 Å². The van der Waals surface area contributed by atoms with E-state index < -0.39 is 0 Å². The summed E-state index contributed by atoms with van der Waals surface area (Å²) in [5.74, 6) is 0.367. The van der Waals surface area contributed by atoms with Gasteiger partial charge in [0.2, 0.25) is 0 Å². The molecule has 2 aromatic carbocycles. The Bertz CT molecular complexity index is 737. The molecule has 0 radical (unpaired) electrons. The van der Waals surface area contributed by atoms with Gasteiger partial charge in [0.1, 0.15) is 0 Å². The Labute approximate surface area is 119 Å². The van der Waals surface area contributed by atoms with Crippen LogP contribution in [0.15, 0.2) is 36.4 Å². The quantitative estimate of drug-likeness (QED) is 0.705. The topological polar surface area (TPSA) is 17.1 Å². The number of carbonyl (C=O) groups is 1. The van der Waals surface area contributed by atoms with Crippen LogP contribution in [-0.4, -0.2) is 5.78 Å². The van der Waals surface area contributed by atoms with Crippen molar-refractivity contribution in [2.75, 3.05) is 0 Å². The highest BCUT2D eigenvalue weighted by atomic mass is 16.1. The van der Waals surface area contributed by atoms with Crippen molar-refractivity contribution in [3.05, 3.63) is 69.8 Å². The van der Waals surface area contributed by atoms with Crippen molar-refractivity contribution in [1.29, 1.82) is 0 Å². The Morgan fingerprint density at radius 2 is 1.50 bits per heavy atom. The molecule has 1 nitrogen and oxygen atoms in total. The minimum atomic E-state index is -0.192. The van der Waals surface area contributed by atoms with Gasteiger partial charge < -0.3 is 0 Å². The van der Waals surface area contributed by atoms with Gasteiger partial charge in [-0.05, 0) is 60.9 Å². The minimum absolute atomic E-state index is 0.192. The number of rotatable bonds is 0. The third-order valence-corrected chi connectivity index (χ3v) is 5.20. The number of fused-ring (bicyclic) bond motifs is 2. The molecule has 2 aliphatic carbocycles. The first-order valence-corrected chi connectivity index (χ1v) is 7.31. The van der Waals surface area contributed by atoms with Crippen LogP contribution in [0.4, 0.5) is 0 Å². The molecule has 1 spiro atoms. The largest absolute Gasteiger partial charge is 0.294 e. The van der Waals surface area contributed by atoms with E-state index in [1.807, 2.05) is 12.1 Å². The van der Waals surface area contributed by atoms with Gasteiger partial charge in [-0.3, -0.25) is 4.79 Å². The highest BCUT2D eigenvalue weighted by Gasteiger charge is 2.49. The SMILES string of the molecule is Cc1cccc2c1C[C@]1(C2)Cc2c(C)cccc2C1=O. The van der Waals surface area contributed by atoms with Crippen LogP contribution >= 0.6 is 0 Å². The first-order chi connectivity index (χ1) is 9.61. The van der Waals surface area contributed by atoms with Crippen molar-refractivity contribution in [3.8, 4) is 0 Å². The number of hydrogen-bond donors (Lipinski definition) is 0. The number of carbonyl (C=O) groups excluding carboxylic acids is 1. The van der Waals surface area contributed by atoms with Gasteiger partial charge in [0.25, 0.3) is 0 Å². The van der Waals surface area contributed by atoms with Crippen molar-refractivity contribution in [2.45, 2.75) is 33.1 Å². The zero-order valence-corrected chi connectivity index (χ0v) is 12.0. The predicted molar refractivity (Wildman–Crippen MR) is 80.2 cm³/mol. The lowest BCUT2D eigenvalue weighted by Crippen LogP contribution is -2.28. The molecule has 0 aliphatic heterocycles. The van der Waals surface area contributed by atoms with E-state index in [-0.39, 0.29) is 5.41 Å². The van der Waals surface area contributed by atoms with Crippen LogP contribution < -0.4 is 0 Å². The zero-order valence-electron chi connectivity index (χ0n) is 12.0. The smallest absolute Gasteiger partial charge is 0.170 e. The molecule has 20 heavy (non-hydrogen) atoms. The van der Waals surface area contributed by atoms with Gasteiger partial charge in [-0.2, -0.15) is 0 Å². The van der Waals surface area contributed by atoms with Gasteiger partial charge in [0, 0.05) is 11.0 Å². The van der Waals surface area contributed by atoms with E-state index in [0.717, 1.165) is 24.8 Å². The molecule has 2 aliphatic rings. The molecule has 0 aromatic heterocycles. The molecule has 0 bridgehead atoms. The number of ketones is 1. The Morgan fingerprint density at radius 1 is 0.850 bits per heavy atom. The van der Waals surface area contributed by atoms with Crippen LogP contribution in [0.1, 0.15) is 38.2 Å². The summed E-state index contributed by atoms with van der Waals surface area (Å²) >= 11 is 0. The third-order valence-electron chi connectivity index (χ3n) is 5.20. The fourth-order valence-corrected chi connectivity index (χ4v) is 4.09. The fourth-order valence-electron chi connectivity index (χ4n) is 4.09. The van der Waals surface area contributed by atoms with Crippen LogP contribution in [0.2, 0.25) is 0 Å². The normalized spacial score (nSPS) is 23.2. The van der Waals surface area contributed by atoms with Gasteiger partial charge in [-0.15, -0.1) is 0 Å². The molecule has 4 rings (SSSR count). The van der Waals surface area contributed by atoms with E-state index in [2.05, 4.69) is 38.1 Å². The summed E-state index contributed by atoms with van der Waals surface area (Å²) in [5.41, 5.74) is 7.44. The van der Waals surface area contributed by atoms with Crippen molar-refractivity contribution in [1.82, 2.24) is 0 Å². The molecular weight excluding hydrogens is 244 g/mol. The molecule has 0 saturated heterocycles. The molecule has 0 amide bonds. The van der Waals surface area contributed by atoms with Crippen LogP contribution in [0.3, 0.4) is 0 Å². The Hall–Kier alpha value is -1.89. The standard InChI is InChI=1S/C19H18O/c1-12-5-3-7-14-9-19(10-16(12)14)11-17-13(2)6-4-8-15(17)18(19)20/h3-8H,9-11H2,1-2H3/t19-/m1/s1. The van der Waals surface area contributed by atoms with Crippen molar-refractivity contribution < 1.29 is 4.79 Å². The maximum atomic E-state index is 13.0. The van der Waals surface area contributed by atoms with E-state index in [9.17, 15) is 4.79 Å². The van der Waals surface area contributed by atoms with Crippen molar-refractivity contribution >= 4 is 5.78 Å². The predicted octanol–water partition coefficient (Wildman–Crippen LogP) is 3.83. The minimum Gasteiger partial charge on any atom is -0.294 e. The molecule has 100 valence electrons. The molecule has 0 fully saturated rings. The molecule has 2 aromatic rings. The summed E-state index contributed by atoms with van der Waals surface area (Å²) in [6.45, 7) is 4.29. The summed E-state index contributed by atoms with van der Waals surface area (Å²) in [5, 5.41) is 0. The molecule has 0 unspecified atom stereocenters. The first-order valence-electron chi connectivity index (χ1n) is 7.31. The monoisotopic (exact) mass is 262 g/mol. The van der Waals surface area contributed by atoms with E-state index in [4.69, 9.17) is 0 Å². The molecule has 0 N–H and O–H groups in total. The fraction of sp³-hybridized carbons (Fsp3) is 0.316. The second-order valence-electron chi connectivity index (χ2n) is 6.45. The van der Waals surface area contributed by atoms with Crippen LogP contribution in [0, 0.1) is 19.3 Å². The van der Waals surface area contributed by atoms with E-state index in [0.29, 0.717) is 5.78 Å². The number of benzene rings is 2. The van der Waals surface area contributed by atoms with Crippen LogP contribution in [-0.2, 0) is 19.3 Å². The summed E-state index contributed by atoms with van der Waals surface area (Å²) in [7, 11) is 0. The highest BCUT2D eigenvalue weighted by molar-refractivity contribution is 6.06. The Kier molecular flexibility index (Phi) is 2.27. The summed E-state index contributed by atoms with van der Waals surface area (Å²) in [6, 6.07) is 12.6. The average Bonchev–Trinajstić information content (AvgIpc) is 2.93. The molecule has 1 heteroatoms. The van der Waals surface area contributed by atoms with Crippen LogP contribution in [0.25, 0.3) is 0 Å². The molecule has 1 atom stereocenters. The van der Waals surface area contributed by atoms with Crippen molar-refractivity contribution in [2.24, 2.45) is 5.41 Å². The van der Waals surface area contributed by atoms with Crippen molar-refractivity contribution in [3.63, 3.8) is 0 Å². The summed E-state index contributed by atoms with van der Waals surface area (Å²) in [4.78, 5) is 13.0. The molecular formula is C19H18O. The van der Waals surface area contributed by atoms with Gasteiger partial charge in [-0.1, -0.05) is 36.4 Å². The van der Waals surface area contributed by atoms with Gasteiger partial charge >= 0.3 is 0 Å². The van der Waals surface area contributed by atoms with E-state index in [1.165, 1.54) is 27.8 Å². The number of hydrogen-bond acceptors (Lipinski definition) is 1. The van der Waals surface area contributed by atoms with Gasteiger partial charge in [0.15, 0.2) is 5.78 Å². The second kappa shape index (κ2) is 3.82. The third kappa shape index (κ3) is 1.41. The molecule has 0 saturated carbocycles. The number of Topliss-reactive ketones (excluding diaryl/α,β-unsaturated/α-hetero) is 1.